The lowest BCUT2D eigenvalue weighted by atomic mass is 9.83. The zero-order valence-corrected chi connectivity index (χ0v) is 22.0. The molecule has 9 heteroatoms. The van der Waals surface area contributed by atoms with Gasteiger partial charge in [0.05, 0.1) is 12.1 Å². The molecule has 206 valence electrons. The third-order valence-electron chi connectivity index (χ3n) is 7.83. The Morgan fingerprint density at radius 2 is 1.63 bits per heavy atom. The van der Waals surface area contributed by atoms with Crippen LogP contribution in [0.15, 0.2) is 54.6 Å². The third-order valence-corrected chi connectivity index (χ3v) is 7.83. The Labute approximate surface area is 222 Å². The normalized spacial score (nSPS) is 20.1. The van der Waals surface area contributed by atoms with Gasteiger partial charge in [-0.3, -0.25) is 14.5 Å². The molecule has 0 bridgehead atoms. The van der Waals surface area contributed by atoms with Gasteiger partial charge in [0.2, 0.25) is 11.8 Å². The van der Waals surface area contributed by atoms with Gasteiger partial charge in [-0.05, 0) is 75.4 Å². The molecule has 0 radical (unpaired) electrons. The zero-order chi connectivity index (χ0) is 27.3. The topological polar surface area (TPSA) is 64.7 Å². The van der Waals surface area contributed by atoms with Crippen LogP contribution in [-0.2, 0) is 9.59 Å². The molecule has 0 spiro atoms. The van der Waals surface area contributed by atoms with Crippen LogP contribution >= 0.6 is 0 Å². The first-order valence-electron chi connectivity index (χ1n) is 13.5. The minimum absolute atomic E-state index is 0.000442. The van der Waals surface area contributed by atoms with E-state index >= 15 is 0 Å². The number of carbonyl (C=O) groups excluding carboxylic acids is 2. The number of alkyl halides is 3. The minimum atomic E-state index is -4.62. The highest BCUT2D eigenvalue weighted by Gasteiger charge is 2.41. The second-order valence-corrected chi connectivity index (χ2v) is 10.3. The quantitative estimate of drug-likeness (QED) is 0.431. The van der Waals surface area contributed by atoms with Crippen molar-refractivity contribution in [3.05, 3.63) is 60.2 Å². The first-order chi connectivity index (χ1) is 18.2. The average Bonchev–Trinajstić information content (AvgIpc) is 3.41. The number of amides is 2. The van der Waals surface area contributed by atoms with Gasteiger partial charge in [0, 0.05) is 17.9 Å². The van der Waals surface area contributed by atoms with Crippen LogP contribution in [0.5, 0.6) is 0 Å². The molecular weight excluding hydrogens is 493 g/mol. The van der Waals surface area contributed by atoms with Crippen LogP contribution in [0.4, 0.5) is 24.5 Å². The molecule has 38 heavy (non-hydrogen) atoms. The maximum absolute atomic E-state index is 14.1. The minimum Gasteiger partial charge on any atom is -0.343 e. The van der Waals surface area contributed by atoms with E-state index in [1.54, 1.807) is 49.2 Å². The number of halogens is 3. The van der Waals surface area contributed by atoms with Gasteiger partial charge in [-0.2, -0.15) is 0 Å². The molecule has 2 aromatic rings. The highest BCUT2D eigenvalue weighted by molar-refractivity contribution is 5.90. The van der Waals surface area contributed by atoms with Crippen molar-refractivity contribution < 1.29 is 22.8 Å². The van der Waals surface area contributed by atoms with Crippen LogP contribution in [-0.4, -0.2) is 48.7 Å². The van der Waals surface area contributed by atoms with E-state index in [4.69, 9.17) is 0 Å². The first-order valence-corrected chi connectivity index (χ1v) is 13.5. The Bertz CT molecular complexity index is 1090. The molecule has 1 aliphatic heterocycles. The summed E-state index contributed by atoms with van der Waals surface area (Å²) in [5, 5.41) is 5.93. The summed E-state index contributed by atoms with van der Waals surface area (Å²) in [5.41, 5.74) is 0.687. The van der Waals surface area contributed by atoms with Crippen molar-refractivity contribution >= 4 is 23.2 Å². The van der Waals surface area contributed by atoms with Crippen molar-refractivity contribution in [2.75, 3.05) is 18.5 Å². The van der Waals surface area contributed by atoms with Crippen LogP contribution in [0.3, 0.4) is 0 Å². The molecule has 1 saturated heterocycles. The molecule has 1 saturated carbocycles. The lowest BCUT2D eigenvalue weighted by Crippen LogP contribution is -2.55. The number of carbonyl (C=O) groups is 2. The molecule has 0 aromatic heterocycles. The summed E-state index contributed by atoms with van der Waals surface area (Å²) < 4.78 is 42.4. The summed E-state index contributed by atoms with van der Waals surface area (Å²) >= 11 is 0. The van der Waals surface area contributed by atoms with Gasteiger partial charge in [-0.1, -0.05) is 49.6 Å². The van der Waals surface area contributed by atoms with E-state index in [2.05, 4.69) is 10.6 Å². The second-order valence-electron chi connectivity index (χ2n) is 10.3. The van der Waals surface area contributed by atoms with E-state index in [1.807, 2.05) is 0 Å². The second kappa shape index (κ2) is 12.2. The van der Waals surface area contributed by atoms with Crippen molar-refractivity contribution in [1.29, 1.82) is 0 Å². The van der Waals surface area contributed by atoms with E-state index in [0.717, 1.165) is 38.5 Å². The Hall–Kier alpha value is -3.07. The van der Waals surface area contributed by atoms with Crippen LogP contribution < -0.4 is 15.5 Å². The largest absolute Gasteiger partial charge is 0.489 e. The molecule has 1 heterocycles. The molecule has 2 aromatic carbocycles. The number of hydrogen-bond acceptors (Lipinski definition) is 4. The van der Waals surface area contributed by atoms with Crippen LogP contribution in [0, 0.1) is 5.92 Å². The van der Waals surface area contributed by atoms with Gasteiger partial charge in [0.1, 0.15) is 6.04 Å². The van der Waals surface area contributed by atoms with Crippen LogP contribution in [0.1, 0.15) is 63.5 Å². The SMILES string of the molecule is CN[C@@H](C)C(=O)N[C@H](C(=O)N1CCC[C@H]1c1cccc(N(c2ccccc2)C(F)(F)F)c1)C1CCCCC1. The summed E-state index contributed by atoms with van der Waals surface area (Å²) in [4.78, 5) is 28.9. The number of likely N-dealkylation sites (N-methyl/N-ethyl adjacent to an activating group) is 1. The Kier molecular flexibility index (Phi) is 8.97. The zero-order valence-electron chi connectivity index (χ0n) is 22.0. The standard InChI is InChI=1S/C29H37F3N4O2/c1-20(33-2)27(37)34-26(21-11-5-3-6-12-21)28(38)35-18-10-17-25(35)22-13-9-16-24(19-22)36(29(30,31)32)23-14-7-4-8-15-23/h4,7-9,13-16,19-21,25-26,33H,3,5-6,10-12,17-18H2,1-2H3,(H,34,37)/t20-,25-,26-/m0/s1. The van der Waals surface area contributed by atoms with Crippen LogP contribution in [0.2, 0.25) is 0 Å². The van der Waals surface area contributed by atoms with Gasteiger partial charge >= 0.3 is 6.30 Å². The number of benzene rings is 2. The van der Waals surface area contributed by atoms with Crippen molar-refractivity contribution in [3.63, 3.8) is 0 Å². The predicted molar refractivity (Wildman–Crippen MR) is 142 cm³/mol. The first kappa shape index (κ1) is 28.0. The van der Waals surface area contributed by atoms with Gasteiger partial charge < -0.3 is 15.5 Å². The van der Waals surface area contributed by atoms with E-state index in [1.165, 1.54) is 24.3 Å². The third kappa shape index (κ3) is 6.31. The summed E-state index contributed by atoms with van der Waals surface area (Å²) in [6, 6.07) is 12.6. The molecule has 1 aliphatic carbocycles. The van der Waals surface area contributed by atoms with E-state index < -0.39 is 18.4 Å². The molecular formula is C29H37F3N4O2. The number of para-hydroxylation sites is 1. The maximum Gasteiger partial charge on any atom is 0.489 e. The lowest BCUT2D eigenvalue weighted by molar-refractivity contribution is -0.139. The number of rotatable bonds is 8. The fourth-order valence-electron chi connectivity index (χ4n) is 5.70. The van der Waals surface area contributed by atoms with E-state index in [-0.39, 0.29) is 35.1 Å². The molecule has 3 atom stereocenters. The molecule has 2 aliphatic rings. The van der Waals surface area contributed by atoms with Gasteiger partial charge in [-0.25, -0.2) is 0 Å². The highest BCUT2D eigenvalue weighted by Crippen LogP contribution is 2.40. The summed E-state index contributed by atoms with van der Waals surface area (Å²) in [5.74, 6) is -0.314. The Balaban J connectivity index is 1.62. The number of anilines is 2. The number of nitrogens with one attached hydrogen (secondary N) is 2. The Morgan fingerprint density at radius 1 is 0.947 bits per heavy atom. The maximum atomic E-state index is 14.1. The summed E-state index contributed by atoms with van der Waals surface area (Å²) in [6.07, 6.45) is 1.69. The summed E-state index contributed by atoms with van der Waals surface area (Å²) in [6.45, 7) is 2.26. The van der Waals surface area contributed by atoms with Crippen molar-refractivity contribution in [2.24, 2.45) is 5.92 Å². The van der Waals surface area contributed by atoms with E-state index in [0.29, 0.717) is 23.4 Å². The lowest BCUT2D eigenvalue weighted by Gasteiger charge is -2.36. The predicted octanol–water partition coefficient (Wildman–Crippen LogP) is 5.68. The fraction of sp³-hybridized carbons (Fsp3) is 0.517. The van der Waals surface area contributed by atoms with Crippen molar-refractivity contribution in [3.8, 4) is 0 Å². The van der Waals surface area contributed by atoms with Crippen molar-refractivity contribution in [1.82, 2.24) is 15.5 Å². The molecule has 6 nitrogen and oxygen atoms in total. The fourth-order valence-corrected chi connectivity index (χ4v) is 5.70. The molecule has 0 unspecified atom stereocenters. The highest BCUT2D eigenvalue weighted by atomic mass is 19.4. The molecule has 4 rings (SSSR count). The smallest absolute Gasteiger partial charge is 0.343 e. The molecule has 2 N–H and O–H groups in total. The molecule has 2 amide bonds. The van der Waals surface area contributed by atoms with Gasteiger partial charge in [0.15, 0.2) is 0 Å². The number of hydrogen-bond donors (Lipinski definition) is 2. The summed E-state index contributed by atoms with van der Waals surface area (Å²) in [7, 11) is 1.70. The molecule has 2 fully saturated rings. The number of likely N-dealkylation sites (tertiary alicyclic amines) is 1. The average molecular weight is 531 g/mol. The monoisotopic (exact) mass is 530 g/mol. The van der Waals surface area contributed by atoms with Gasteiger partial charge in [0.25, 0.3) is 0 Å². The van der Waals surface area contributed by atoms with Crippen LogP contribution in [0.25, 0.3) is 0 Å². The number of nitrogens with zero attached hydrogens (tertiary/aromatic N) is 2. The Morgan fingerprint density at radius 3 is 2.29 bits per heavy atom. The van der Waals surface area contributed by atoms with Crippen molar-refractivity contribution in [2.45, 2.75) is 76.3 Å². The van der Waals surface area contributed by atoms with Gasteiger partial charge in [-0.15, -0.1) is 13.2 Å². The van der Waals surface area contributed by atoms with E-state index in [9.17, 15) is 22.8 Å².